The lowest BCUT2D eigenvalue weighted by molar-refractivity contribution is -0.129. The molecule has 108 valence electrons. The Morgan fingerprint density at radius 3 is 3.05 bits per heavy atom. The van der Waals surface area contributed by atoms with Crippen molar-refractivity contribution in [1.29, 1.82) is 5.26 Å². The number of fused-ring (bicyclic) bond motifs is 1. The van der Waals surface area contributed by atoms with Crippen LogP contribution in [0.1, 0.15) is 17.5 Å². The van der Waals surface area contributed by atoms with E-state index in [1.165, 1.54) is 4.90 Å². The molecule has 1 aromatic rings. The van der Waals surface area contributed by atoms with E-state index in [4.69, 9.17) is 5.26 Å². The molecule has 1 atom stereocenters. The van der Waals surface area contributed by atoms with Crippen LogP contribution in [0.4, 0.5) is 10.1 Å². The van der Waals surface area contributed by atoms with Crippen molar-refractivity contribution in [2.75, 3.05) is 18.4 Å². The number of amides is 2. The first-order chi connectivity index (χ1) is 9.99. The average molecular weight is 287 g/mol. The summed E-state index contributed by atoms with van der Waals surface area (Å²) in [5, 5.41) is 11.5. The summed E-state index contributed by atoms with van der Waals surface area (Å²) in [5.74, 6) is -0.252. The number of nitrogens with zero attached hydrogens (tertiary/aromatic N) is 2. The second-order valence-corrected chi connectivity index (χ2v) is 5.54. The van der Waals surface area contributed by atoms with Crippen LogP contribution in [0, 0.1) is 11.3 Å². The average Bonchev–Trinajstić information content (AvgIpc) is 3.01. The number of likely N-dealkylation sites (tertiary alicyclic amines) is 1. The zero-order chi connectivity index (χ0) is 15.0. The van der Waals surface area contributed by atoms with Gasteiger partial charge in [-0.25, -0.2) is 4.39 Å². The zero-order valence-electron chi connectivity index (χ0n) is 11.4. The van der Waals surface area contributed by atoms with Gasteiger partial charge in [0.1, 0.15) is 6.07 Å². The van der Waals surface area contributed by atoms with Crippen LogP contribution in [0.3, 0.4) is 0 Å². The van der Waals surface area contributed by atoms with Crippen molar-refractivity contribution >= 4 is 17.5 Å². The number of carbonyl (C=O) groups is 2. The molecule has 6 heteroatoms. The predicted molar refractivity (Wildman–Crippen MR) is 73.1 cm³/mol. The Hall–Kier alpha value is -2.42. The van der Waals surface area contributed by atoms with Crippen molar-refractivity contribution < 1.29 is 14.0 Å². The molecule has 21 heavy (non-hydrogen) atoms. The van der Waals surface area contributed by atoms with Gasteiger partial charge in [-0.15, -0.1) is 0 Å². The van der Waals surface area contributed by atoms with Gasteiger partial charge in [-0.1, -0.05) is 12.1 Å². The summed E-state index contributed by atoms with van der Waals surface area (Å²) in [5.41, 5.74) is 0.518. The second-order valence-electron chi connectivity index (χ2n) is 5.54. The summed E-state index contributed by atoms with van der Waals surface area (Å²) in [6, 6.07) is 7.03. The molecule has 1 fully saturated rings. The molecule has 0 aromatic heterocycles. The summed E-state index contributed by atoms with van der Waals surface area (Å²) < 4.78 is 13.8. The van der Waals surface area contributed by atoms with Gasteiger partial charge in [0.25, 0.3) is 0 Å². The van der Waals surface area contributed by atoms with Gasteiger partial charge in [-0.05, 0) is 17.2 Å². The molecule has 0 spiro atoms. The number of halogens is 1. The largest absolute Gasteiger partial charge is 0.338 e. The van der Waals surface area contributed by atoms with E-state index in [0.29, 0.717) is 6.42 Å². The molecule has 0 saturated carbocycles. The third kappa shape index (κ3) is 2.59. The van der Waals surface area contributed by atoms with Crippen LogP contribution in [0.15, 0.2) is 18.2 Å². The Morgan fingerprint density at radius 1 is 1.52 bits per heavy atom. The molecule has 0 radical (unpaired) electrons. The monoisotopic (exact) mass is 287 g/mol. The summed E-state index contributed by atoms with van der Waals surface area (Å²) in [7, 11) is 0. The SMILES string of the molecule is N#CC1(F)CCN(C(=O)Cc2ccc3c(c2)NC(=O)C3)C1. The van der Waals surface area contributed by atoms with Gasteiger partial charge < -0.3 is 10.2 Å². The maximum atomic E-state index is 13.8. The smallest absolute Gasteiger partial charge is 0.228 e. The van der Waals surface area contributed by atoms with Gasteiger partial charge >= 0.3 is 0 Å². The maximum Gasteiger partial charge on any atom is 0.228 e. The minimum absolute atomic E-state index is 0.0516. The Bertz CT molecular complexity index is 667. The summed E-state index contributed by atoms with van der Waals surface area (Å²) >= 11 is 0. The van der Waals surface area contributed by atoms with E-state index in [-0.39, 0.29) is 37.7 Å². The molecule has 1 N–H and O–H groups in total. The Kier molecular flexibility index (Phi) is 3.13. The number of alkyl halides is 1. The number of rotatable bonds is 2. The molecule has 1 saturated heterocycles. The highest BCUT2D eigenvalue weighted by Crippen LogP contribution is 2.27. The quantitative estimate of drug-likeness (QED) is 0.888. The van der Waals surface area contributed by atoms with E-state index < -0.39 is 5.67 Å². The van der Waals surface area contributed by atoms with Crippen LogP contribution in [0.2, 0.25) is 0 Å². The fourth-order valence-corrected chi connectivity index (χ4v) is 2.73. The Balaban J connectivity index is 1.68. The van der Waals surface area contributed by atoms with Gasteiger partial charge in [0, 0.05) is 18.7 Å². The lowest BCUT2D eigenvalue weighted by Crippen LogP contribution is -2.33. The first-order valence-corrected chi connectivity index (χ1v) is 6.79. The number of benzene rings is 1. The summed E-state index contributed by atoms with van der Waals surface area (Å²) in [6.45, 7) is 0.106. The fraction of sp³-hybridized carbons (Fsp3) is 0.400. The normalized spacial score (nSPS) is 23.6. The lowest BCUT2D eigenvalue weighted by atomic mass is 10.1. The molecule has 1 unspecified atom stereocenters. The molecule has 2 amide bonds. The van der Waals surface area contributed by atoms with Gasteiger partial charge in [-0.2, -0.15) is 5.26 Å². The second kappa shape index (κ2) is 4.85. The van der Waals surface area contributed by atoms with Crippen molar-refractivity contribution in [3.8, 4) is 6.07 Å². The lowest BCUT2D eigenvalue weighted by Gasteiger charge is -2.16. The fourth-order valence-electron chi connectivity index (χ4n) is 2.73. The molecule has 5 nitrogen and oxygen atoms in total. The standard InChI is InChI=1S/C15H14FN3O2/c16-15(8-17)3-4-19(9-15)14(21)6-10-1-2-11-7-13(20)18-12(11)5-10/h1-2,5H,3-4,6-7,9H2,(H,18,20). The molecule has 3 rings (SSSR count). The van der Waals surface area contributed by atoms with Crippen molar-refractivity contribution in [2.45, 2.75) is 24.9 Å². The first kappa shape index (κ1) is 13.6. The Morgan fingerprint density at radius 2 is 2.33 bits per heavy atom. The number of hydrogen-bond donors (Lipinski definition) is 1. The highest BCUT2D eigenvalue weighted by molar-refractivity contribution is 5.99. The van der Waals surface area contributed by atoms with Crippen molar-refractivity contribution in [3.05, 3.63) is 29.3 Å². The molecule has 2 aliphatic rings. The van der Waals surface area contributed by atoms with E-state index in [1.54, 1.807) is 18.2 Å². The van der Waals surface area contributed by atoms with E-state index in [1.807, 2.05) is 6.07 Å². The van der Waals surface area contributed by atoms with E-state index in [0.717, 1.165) is 16.8 Å². The molecule has 2 aliphatic heterocycles. The number of carbonyl (C=O) groups excluding carboxylic acids is 2. The van der Waals surface area contributed by atoms with Crippen LogP contribution in [0.5, 0.6) is 0 Å². The van der Waals surface area contributed by atoms with Gasteiger partial charge in [0.05, 0.1) is 19.4 Å². The molecular formula is C15H14FN3O2. The minimum atomic E-state index is -1.92. The minimum Gasteiger partial charge on any atom is -0.338 e. The van der Waals surface area contributed by atoms with Crippen LogP contribution in [-0.4, -0.2) is 35.5 Å². The molecular weight excluding hydrogens is 273 g/mol. The summed E-state index contributed by atoms with van der Waals surface area (Å²) in [4.78, 5) is 24.8. The van der Waals surface area contributed by atoms with Crippen LogP contribution in [-0.2, 0) is 22.4 Å². The van der Waals surface area contributed by atoms with E-state index in [9.17, 15) is 14.0 Å². The van der Waals surface area contributed by atoms with Crippen LogP contribution >= 0.6 is 0 Å². The topological polar surface area (TPSA) is 73.2 Å². The van der Waals surface area contributed by atoms with Crippen LogP contribution < -0.4 is 5.32 Å². The molecule has 0 bridgehead atoms. The van der Waals surface area contributed by atoms with E-state index in [2.05, 4.69) is 5.32 Å². The number of nitrogens with one attached hydrogen (secondary N) is 1. The third-order valence-electron chi connectivity index (χ3n) is 3.93. The highest BCUT2D eigenvalue weighted by atomic mass is 19.1. The highest BCUT2D eigenvalue weighted by Gasteiger charge is 2.40. The molecule has 0 aliphatic carbocycles. The molecule has 2 heterocycles. The number of hydrogen-bond acceptors (Lipinski definition) is 3. The third-order valence-corrected chi connectivity index (χ3v) is 3.93. The Labute approximate surface area is 121 Å². The first-order valence-electron chi connectivity index (χ1n) is 6.79. The van der Waals surface area contributed by atoms with Gasteiger partial charge in [0.15, 0.2) is 0 Å². The van der Waals surface area contributed by atoms with Gasteiger partial charge in [0.2, 0.25) is 17.5 Å². The maximum absolute atomic E-state index is 13.8. The van der Waals surface area contributed by atoms with Crippen molar-refractivity contribution in [3.63, 3.8) is 0 Å². The predicted octanol–water partition coefficient (Wildman–Crippen LogP) is 1.19. The van der Waals surface area contributed by atoms with E-state index >= 15 is 0 Å². The summed E-state index contributed by atoms with van der Waals surface area (Å²) in [6.07, 6.45) is 0.572. The molecule has 1 aromatic carbocycles. The zero-order valence-corrected chi connectivity index (χ0v) is 11.4. The van der Waals surface area contributed by atoms with Crippen molar-refractivity contribution in [2.24, 2.45) is 0 Å². The number of nitriles is 1. The van der Waals surface area contributed by atoms with Crippen molar-refractivity contribution in [1.82, 2.24) is 4.90 Å². The van der Waals surface area contributed by atoms with Gasteiger partial charge in [-0.3, -0.25) is 9.59 Å². The van der Waals surface area contributed by atoms with Crippen LogP contribution in [0.25, 0.3) is 0 Å². The number of anilines is 1.